The van der Waals surface area contributed by atoms with E-state index in [1.54, 1.807) is 0 Å². The molecule has 0 saturated carbocycles. The van der Waals surface area contributed by atoms with Gasteiger partial charge in [0.1, 0.15) is 0 Å². The Morgan fingerprint density at radius 1 is 0.621 bits per heavy atom. The summed E-state index contributed by atoms with van der Waals surface area (Å²) in [6.07, 6.45) is 0. The van der Waals surface area contributed by atoms with E-state index < -0.39 is 0 Å². The molecule has 0 N–H and O–H groups in total. The van der Waals surface area contributed by atoms with E-state index >= 15 is 0 Å². The van der Waals surface area contributed by atoms with Crippen LogP contribution in [0.15, 0.2) is 84.9 Å². The molecule has 6 aromatic rings. The highest BCUT2D eigenvalue weighted by Gasteiger charge is 2.14. The number of hydrogen-bond acceptors (Lipinski definition) is 0. The molecule has 0 unspecified atom stereocenters. The van der Waals surface area contributed by atoms with Crippen molar-refractivity contribution in [3.05, 3.63) is 96.3 Å². The highest BCUT2D eigenvalue weighted by molar-refractivity contribution is 6.11. The van der Waals surface area contributed by atoms with Crippen LogP contribution in [0.25, 0.3) is 54.1 Å². The first-order valence-electron chi connectivity index (χ1n) is 9.64. The van der Waals surface area contributed by atoms with Crippen molar-refractivity contribution < 1.29 is 0 Å². The molecule has 0 radical (unpaired) electrons. The van der Waals surface area contributed by atoms with Crippen LogP contribution < -0.4 is 0 Å². The molecule has 136 valence electrons. The Hall–Kier alpha value is -4.03. The van der Waals surface area contributed by atoms with Crippen LogP contribution in [-0.4, -0.2) is 9.13 Å². The summed E-state index contributed by atoms with van der Waals surface area (Å²) in [5.41, 5.74) is 6.51. The number of nitrogens with zero attached hydrogens (tertiary/aromatic N) is 3. The number of aryl methyl sites for hydroxylation is 1. The summed E-state index contributed by atoms with van der Waals surface area (Å²) in [4.78, 5) is 3.59. The van der Waals surface area contributed by atoms with E-state index in [4.69, 9.17) is 6.57 Å². The molecule has 0 spiro atoms. The molecule has 0 amide bonds. The maximum absolute atomic E-state index is 7.32. The highest BCUT2D eigenvalue weighted by atomic mass is 15.0. The van der Waals surface area contributed by atoms with E-state index in [9.17, 15) is 0 Å². The second-order valence-corrected chi connectivity index (χ2v) is 7.44. The predicted octanol–water partition coefficient (Wildman–Crippen LogP) is 6.98. The van der Waals surface area contributed by atoms with Crippen LogP contribution in [0.2, 0.25) is 0 Å². The molecule has 0 bridgehead atoms. The van der Waals surface area contributed by atoms with E-state index in [2.05, 4.69) is 93.8 Å². The summed E-state index contributed by atoms with van der Waals surface area (Å²) in [7, 11) is 2.07. The minimum absolute atomic E-state index is 0.672. The Labute approximate surface area is 167 Å². The van der Waals surface area contributed by atoms with E-state index in [0.717, 1.165) is 11.2 Å². The number of hydrogen-bond donors (Lipinski definition) is 0. The molecular formula is C26H17N3. The van der Waals surface area contributed by atoms with E-state index in [1.807, 2.05) is 12.1 Å². The zero-order valence-corrected chi connectivity index (χ0v) is 15.9. The standard InChI is InChI=1S/C26H17N3/c1-27-17-11-13-21-22-16-18(12-14-23(22)28(2)26(21)15-17)29-24-9-5-3-7-19(24)20-8-4-6-10-25(20)29/h3-16H,2H3. The zero-order valence-electron chi connectivity index (χ0n) is 15.9. The van der Waals surface area contributed by atoms with Gasteiger partial charge in [0.25, 0.3) is 0 Å². The lowest BCUT2D eigenvalue weighted by Crippen LogP contribution is -1.94. The fraction of sp³-hybridized carbons (Fsp3) is 0.0385. The molecule has 0 aliphatic heterocycles. The van der Waals surface area contributed by atoms with Gasteiger partial charge in [-0.1, -0.05) is 48.5 Å². The van der Waals surface area contributed by atoms with Crippen molar-refractivity contribution in [3.8, 4) is 5.69 Å². The average molecular weight is 371 g/mol. The molecule has 29 heavy (non-hydrogen) atoms. The molecule has 0 saturated heterocycles. The van der Waals surface area contributed by atoms with Gasteiger partial charge in [0.15, 0.2) is 5.69 Å². The molecule has 4 aromatic carbocycles. The number of fused-ring (bicyclic) bond motifs is 6. The predicted molar refractivity (Wildman–Crippen MR) is 121 cm³/mol. The van der Waals surface area contributed by atoms with E-state index in [1.165, 1.54) is 38.1 Å². The van der Waals surface area contributed by atoms with E-state index in [-0.39, 0.29) is 0 Å². The van der Waals surface area contributed by atoms with Crippen LogP contribution in [0.4, 0.5) is 5.69 Å². The molecule has 0 fully saturated rings. The summed E-state index contributed by atoms with van der Waals surface area (Å²) >= 11 is 0. The lowest BCUT2D eigenvalue weighted by Gasteiger charge is -2.08. The van der Waals surface area contributed by atoms with Crippen molar-refractivity contribution in [3.63, 3.8) is 0 Å². The Kier molecular flexibility index (Phi) is 3.16. The molecular weight excluding hydrogens is 354 g/mol. The van der Waals surface area contributed by atoms with Crippen molar-refractivity contribution in [1.29, 1.82) is 0 Å². The Morgan fingerprint density at radius 3 is 1.97 bits per heavy atom. The van der Waals surface area contributed by atoms with Gasteiger partial charge < -0.3 is 9.13 Å². The first kappa shape index (κ1) is 16.0. The Balaban J connectivity index is 1.73. The van der Waals surface area contributed by atoms with Gasteiger partial charge in [-0.05, 0) is 36.4 Å². The topological polar surface area (TPSA) is 14.2 Å². The first-order chi connectivity index (χ1) is 14.3. The van der Waals surface area contributed by atoms with Crippen LogP contribution in [0.5, 0.6) is 0 Å². The van der Waals surface area contributed by atoms with Crippen LogP contribution in [0.1, 0.15) is 0 Å². The molecule has 3 nitrogen and oxygen atoms in total. The van der Waals surface area contributed by atoms with Crippen LogP contribution in [0, 0.1) is 6.57 Å². The summed E-state index contributed by atoms with van der Waals surface area (Å²) in [6.45, 7) is 7.32. The average Bonchev–Trinajstić information content (AvgIpc) is 3.26. The summed E-state index contributed by atoms with van der Waals surface area (Å²) < 4.78 is 4.52. The second-order valence-electron chi connectivity index (χ2n) is 7.44. The molecule has 2 aromatic heterocycles. The monoisotopic (exact) mass is 371 g/mol. The number of benzene rings is 4. The molecule has 3 heteroatoms. The first-order valence-corrected chi connectivity index (χ1v) is 9.64. The fourth-order valence-electron chi connectivity index (χ4n) is 4.60. The van der Waals surface area contributed by atoms with Gasteiger partial charge in [-0.3, -0.25) is 0 Å². The van der Waals surface area contributed by atoms with Crippen molar-refractivity contribution in [2.24, 2.45) is 7.05 Å². The van der Waals surface area contributed by atoms with Gasteiger partial charge in [0, 0.05) is 45.3 Å². The van der Waals surface area contributed by atoms with Gasteiger partial charge >= 0.3 is 0 Å². The molecule has 6 rings (SSSR count). The SMILES string of the molecule is [C-]#[N+]c1ccc2c3cc(-n4c5ccccc5c5ccccc54)ccc3n(C)c2c1. The Bertz CT molecular complexity index is 1570. The smallest absolute Gasteiger partial charge is 0.189 e. The third-order valence-corrected chi connectivity index (χ3v) is 5.94. The van der Waals surface area contributed by atoms with Crippen LogP contribution in [-0.2, 0) is 7.05 Å². The van der Waals surface area contributed by atoms with E-state index in [0.29, 0.717) is 5.69 Å². The van der Waals surface area contributed by atoms with Crippen LogP contribution in [0.3, 0.4) is 0 Å². The summed E-state index contributed by atoms with van der Waals surface area (Å²) in [6, 6.07) is 29.7. The minimum Gasteiger partial charge on any atom is -0.345 e. The molecule has 0 aliphatic rings. The van der Waals surface area contributed by atoms with Crippen molar-refractivity contribution in [2.45, 2.75) is 0 Å². The summed E-state index contributed by atoms with van der Waals surface area (Å²) in [5.74, 6) is 0. The number of para-hydroxylation sites is 2. The normalized spacial score (nSPS) is 11.6. The molecule has 0 atom stereocenters. The second kappa shape index (κ2) is 5.73. The molecule has 2 heterocycles. The van der Waals surface area contributed by atoms with Crippen molar-refractivity contribution in [1.82, 2.24) is 9.13 Å². The van der Waals surface area contributed by atoms with Gasteiger partial charge in [0.05, 0.1) is 17.6 Å². The van der Waals surface area contributed by atoms with Gasteiger partial charge in [-0.15, -0.1) is 0 Å². The van der Waals surface area contributed by atoms with Crippen molar-refractivity contribution in [2.75, 3.05) is 0 Å². The minimum atomic E-state index is 0.672. The van der Waals surface area contributed by atoms with Crippen molar-refractivity contribution >= 4 is 49.3 Å². The van der Waals surface area contributed by atoms with Gasteiger partial charge in [0.2, 0.25) is 0 Å². The van der Waals surface area contributed by atoms with Gasteiger partial charge in [-0.2, -0.15) is 0 Å². The number of aromatic nitrogens is 2. The maximum Gasteiger partial charge on any atom is 0.189 e. The zero-order chi connectivity index (χ0) is 19.5. The quantitative estimate of drug-likeness (QED) is 0.277. The Morgan fingerprint density at radius 2 is 1.28 bits per heavy atom. The van der Waals surface area contributed by atoms with Gasteiger partial charge in [-0.25, -0.2) is 4.85 Å². The largest absolute Gasteiger partial charge is 0.345 e. The summed E-state index contributed by atoms with van der Waals surface area (Å²) in [5, 5.41) is 4.92. The molecule has 0 aliphatic carbocycles. The lowest BCUT2D eigenvalue weighted by atomic mass is 10.1. The highest BCUT2D eigenvalue weighted by Crippen LogP contribution is 2.35. The maximum atomic E-state index is 7.32. The van der Waals surface area contributed by atoms with Crippen LogP contribution >= 0.6 is 0 Å². The third-order valence-electron chi connectivity index (χ3n) is 5.94. The third kappa shape index (κ3) is 2.11. The lowest BCUT2D eigenvalue weighted by molar-refractivity contribution is 1.01. The number of rotatable bonds is 1. The fourth-order valence-corrected chi connectivity index (χ4v) is 4.60.